The Hall–Kier alpha value is -2.02. The number of nitro groups is 1. The molecule has 1 N–H and O–H groups in total. The minimum Gasteiger partial charge on any atom is -0.481 e. The third-order valence-electron chi connectivity index (χ3n) is 3.18. The van der Waals surface area contributed by atoms with Crippen molar-refractivity contribution < 1.29 is 14.8 Å². The Morgan fingerprint density at radius 3 is 2.75 bits per heavy atom. The Labute approximate surface area is 119 Å². The minimum absolute atomic E-state index is 0.0419. The van der Waals surface area contributed by atoms with E-state index in [2.05, 4.69) is 0 Å². The summed E-state index contributed by atoms with van der Waals surface area (Å²) in [6.07, 6.45) is 3.80. The molecule has 1 heterocycles. The molecule has 20 heavy (non-hydrogen) atoms. The third-order valence-corrected chi connectivity index (χ3v) is 3.95. The van der Waals surface area contributed by atoms with Crippen molar-refractivity contribution in [3.63, 3.8) is 0 Å². The normalized spacial score (nSPS) is 10.9. The number of carboxylic acids is 1. The fraction of sp³-hybridized carbons (Fsp3) is 0.308. The van der Waals surface area contributed by atoms with E-state index < -0.39 is 10.9 Å². The summed E-state index contributed by atoms with van der Waals surface area (Å²) in [5.41, 5.74) is 1.51. The second-order valence-electron chi connectivity index (χ2n) is 4.43. The zero-order valence-corrected chi connectivity index (χ0v) is 11.9. The highest BCUT2D eigenvalue weighted by molar-refractivity contribution is 7.98. The Morgan fingerprint density at radius 1 is 1.50 bits per heavy atom. The number of fused-ring (bicyclic) bond motifs is 1. The molecule has 2 rings (SSSR count). The van der Waals surface area contributed by atoms with E-state index in [-0.39, 0.29) is 18.5 Å². The number of aromatic nitrogens is 1. The first kappa shape index (κ1) is 14.4. The van der Waals surface area contributed by atoms with Crippen molar-refractivity contribution in [1.82, 2.24) is 4.57 Å². The van der Waals surface area contributed by atoms with Gasteiger partial charge < -0.3 is 9.67 Å². The van der Waals surface area contributed by atoms with E-state index in [9.17, 15) is 14.9 Å². The molecule has 0 bridgehead atoms. The summed E-state index contributed by atoms with van der Waals surface area (Å²) in [7, 11) is 1.80. The number of nitrogens with zero attached hydrogens (tertiary/aromatic N) is 2. The minimum atomic E-state index is -0.911. The topological polar surface area (TPSA) is 85.4 Å². The van der Waals surface area contributed by atoms with Crippen LogP contribution in [-0.2, 0) is 18.3 Å². The van der Waals surface area contributed by atoms with Gasteiger partial charge in [0.15, 0.2) is 0 Å². The number of aryl methyl sites for hydroxylation is 2. The third kappa shape index (κ3) is 2.49. The molecule has 6 nitrogen and oxygen atoms in total. The van der Waals surface area contributed by atoms with Crippen molar-refractivity contribution >= 4 is 34.3 Å². The lowest BCUT2D eigenvalue weighted by atomic mass is 10.1. The quantitative estimate of drug-likeness (QED) is 0.520. The first-order chi connectivity index (χ1) is 9.45. The van der Waals surface area contributed by atoms with Crippen molar-refractivity contribution in [2.75, 3.05) is 6.26 Å². The van der Waals surface area contributed by atoms with E-state index in [1.165, 1.54) is 11.8 Å². The standard InChI is InChI=1S/C13H14N2O4S/c1-14-7-8(3-6-11(16)17)12-9(14)4-5-10(20-2)13(12)15(18)19/h4-5,7H,3,6H2,1-2H3,(H,16,17). The second-order valence-corrected chi connectivity index (χ2v) is 5.27. The molecule has 0 aliphatic carbocycles. The zero-order valence-electron chi connectivity index (χ0n) is 11.1. The van der Waals surface area contributed by atoms with Gasteiger partial charge in [0.05, 0.1) is 20.7 Å². The van der Waals surface area contributed by atoms with Crippen LogP contribution in [-0.4, -0.2) is 26.8 Å². The SMILES string of the molecule is CSc1ccc2c(c(CCC(=O)O)cn2C)c1[N+](=O)[O-]. The van der Waals surface area contributed by atoms with Gasteiger partial charge in [-0.1, -0.05) is 0 Å². The van der Waals surface area contributed by atoms with Gasteiger partial charge in [-0.3, -0.25) is 14.9 Å². The maximum atomic E-state index is 11.4. The van der Waals surface area contributed by atoms with Crippen molar-refractivity contribution in [2.24, 2.45) is 7.05 Å². The van der Waals surface area contributed by atoms with E-state index in [0.717, 1.165) is 5.52 Å². The molecule has 2 aromatic rings. The summed E-state index contributed by atoms with van der Waals surface area (Å²) in [6.45, 7) is 0. The molecule has 7 heteroatoms. The second kappa shape index (κ2) is 5.54. The number of carboxylic acid groups (broad SMARTS) is 1. The summed E-state index contributed by atoms with van der Waals surface area (Å²) in [5, 5.41) is 20.7. The van der Waals surface area contributed by atoms with Gasteiger partial charge in [0.2, 0.25) is 0 Å². The first-order valence-electron chi connectivity index (χ1n) is 5.96. The lowest BCUT2D eigenvalue weighted by molar-refractivity contribution is -0.385. The molecular formula is C13H14N2O4S. The van der Waals surface area contributed by atoms with Crippen LogP contribution < -0.4 is 0 Å². The smallest absolute Gasteiger partial charge is 0.303 e. The molecule has 0 spiro atoms. The molecule has 0 saturated heterocycles. The molecule has 0 amide bonds. The highest BCUT2D eigenvalue weighted by atomic mass is 32.2. The van der Waals surface area contributed by atoms with Crippen LogP contribution in [0, 0.1) is 10.1 Å². The Kier molecular flexibility index (Phi) is 3.99. The average Bonchev–Trinajstić information content (AvgIpc) is 2.72. The van der Waals surface area contributed by atoms with E-state index in [0.29, 0.717) is 15.8 Å². The van der Waals surface area contributed by atoms with E-state index >= 15 is 0 Å². The molecule has 1 aromatic carbocycles. The van der Waals surface area contributed by atoms with Gasteiger partial charge in [-0.05, 0) is 30.4 Å². The maximum Gasteiger partial charge on any atom is 0.303 e. The van der Waals surface area contributed by atoms with E-state index in [4.69, 9.17) is 5.11 Å². The monoisotopic (exact) mass is 294 g/mol. The highest BCUT2D eigenvalue weighted by Crippen LogP contribution is 2.38. The van der Waals surface area contributed by atoms with Crippen molar-refractivity contribution in [3.05, 3.63) is 34.0 Å². The molecule has 0 fully saturated rings. The fourth-order valence-electron chi connectivity index (χ4n) is 2.32. The number of aliphatic carboxylic acids is 1. The van der Waals surface area contributed by atoms with Crippen molar-refractivity contribution in [1.29, 1.82) is 0 Å². The highest BCUT2D eigenvalue weighted by Gasteiger charge is 2.23. The van der Waals surface area contributed by atoms with Crippen LogP contribution >= 0.6 is 11.8 Å². The van der Waals surface area contributed by atoms with Gasteiger partial charge in [-0.25, -0.2) is 0 Å². The number of thioether (sulfide) groups is 1. The van der Waals surface area contributed by atoms with Crippen LogP contribution in [0.5, 0.6) is 0 Å². The van der Waals surface area contributed by atoms with Gasteiger partial charge in [0, 0.05) is 19.7 Å². The van der Waals surface area contributed by atoms with Crippen LogP contribution in [0.1, 0.15) is 12.0 Å². The summed E-state index contributed by atoms with van der Waals surface area (Å²) >= 11 is 1.31. The summed E-state index contributed by atoms with van der Waals surface area (Å²) in [4.78, 5) is 22.3. The number of nitro benzene ring substituents is 1. The van der Waals surface area contributed by atoms with E-state index in [1.54, 1.807) is 30.1 Å². The first-order valence-corrected chi connectivity index (χ1v) is 7.19. The Balaban J connectivity index is 2.69. The number of hydrogen-bond donors (Lipinski definition) is 1. The summed E-state index contributed by atoms with van der Waals surface area (Å²) in [6, 6.07) is 3.56. The fourth-order valence-corrected chi connectivity index (χ4v) is 2.89. The largest absolute Gasteiger partial charge is 0.481 e. The molecule has 0 atom stereocenters. The number of hydrogen-bond acceptors (Lipinski definition) is 4. The van der Waals surface area contributed by atoms with Gasteiger partial charge in [-0.15, -0.1) is 11.8 Å². The number of benzene rings is 1. The lowest BCUT2D eigenvalue weighted by Crippen LogP contribution is -1.98. The zero-order chi connectivity index (χ0) is 14.9. The van der Waals surface area contributed by atoms with Crippen LogP contribution in [0.3, 0.4) is 0 Å². The van der Waals surface area contributed by atoms with Crippen LogP contribution in [0.2, 0.25) is 0 Å². The van der Waals surface area contributed by atoms with Gasteiger partial charge >= 0.3 is 5.97 Å². The predicted molar refractivity (Wildman–Crippen MR) is 77.3 cm³/mol. The van der Waals surface area contributed by atoms with Crippen LogP contribution in [0.25, 0.3) is 10.9 Å². The van der Waals surface area contributed by atoms with Crippen LogP contribution in [0.15, 0.2) is 23.2 Å². The van der Waals surface area contributed by atoms with Gasteiger partial charge in [-0.2, -0.15) is 0 Å². The molecule has 0 aliphatic heterocycles. The predicted octanol–water partition coefficient (Wildman–Crippen LogP) is 2.83. The lowest BCUT2D eigenvalue weighted by Gasteiger charge is -2.03. The molecular weight excluding hydrogens is 280 g/mol. The van der Waals surface area contributed by atoms with Crippen LogP contribution in [0.4, 0.5) is 5.69 Å². The van der Waals surface area contributed by atoms with Gasteiger partial charge in [0.1, 0.15) is 0 Å². The summed E-state index contributed by atoms with van der Waals surface area (Å²) in [5.74, 6) is -0.911. The molecule has 106 valence electrons. The molecule has 0 saturated carbocycles. The Bertz CT molecular complexity index is 693. The van der Waals surface area contributed by atoms with E-state index in [1.807, 2.05) is 6.07 Å². The van der Waals surface area contributed by atoms with Gasteiger partial charge in [0.25, 0.3) is 5.69 Å². The Morgan fingerprint density at radius 2 is 2.20 bits per heavy atom. The summed E-state index contributed by atoms with van der Waals surface area (Å²) < 4.78 is 1.80. The molecule has 0 unspecified atom stereocenters. The number of carbonyl (C=O) groups is 1. The number of rotatable bonds is 5. The maximum absolute atomic E-state index is 11.4. The molecule has 0 aliphatic rings. The van der Waals surface area contributed by atoms with Crippen molar-refractivity contribution in [3.8, 4) is 0 Å². The molecule has 1 aromatic heterocycles. The van der Waals surface area contributed by atoms with Crippen molar-refractivity contribution in [2.45, 2.75) is 17.7 Å². The average molecular weight is 294 g/mol. The molecule has 0 radical (unpaired) electrons.